The van der Waals surface area contributed by atoms with E-state index in [1.807, 2.05) is 85.3 Å². The van der Waals surface area contributed by atoms with E-state index in [0.717, 1.165) is 16.2 Å². The molecular formula is C19H14OP. The maximum atomic E-state index is 13.5. The van der Waals surface area contributed by atoms with Crippen molar-refractivity contribution in [3.8, 4) is 11.6 Å². The van der Waals surface area contributed by atoms with Gasteiger partial charge in [0.15, 0.2) is 0 Å². The summed E-state index contributed by atoms with van der Waals surface area (Å²) in [5.74, 6) is 3.05. The van der Waals surface area contributed by atoms with Gasteiger partial charge in [-0.2, -0.15) is 0 Å². The number of benzene rings is 2. The molecule has 3 rings (SSSR count). The molecule has 0 saturated carbocycles. The molecule has 1 nitrogen and oxygen atoms in total. The first-order valence-corrected chi connectivity index (χ1v) is 8.46. The van der Waals surface area contributed by atoms with Gasteiger partial charge in [0.05, 0.1) is 0 Å². The maximum Gasteiger partial charge on any atom is 0.211 e. The molecule has 1 radical (unpaired) electrons. The summed E-state index contributed by atoms with van der Waals surface area (Å²) in [7, 11) is -2.93. The monoisotopic (exact) mass is 289 g/mol. The topological polar surface area (TPSA) is 17.1 Å². The van der Waals surface area contributed by atoms with Gasteiger partial charge in [-0.3, -0.25) is 4.57 Å². The second kappa shape index (κ2) is 6.00. The van der Waals surface area contributed by atoms with E-state index < -0.39 is 7.14 Å². The van der Waals surface area contributed by atoms with Crippen molar-refractivity contribution in [1.29, 1.82) is 0 Å². The van der Waals surface area contributed by atoms with Crippen LogP contribution in [0.15, 0.2) is 84.5 Å². The minimum atomic E-state index is -2.93. The lowest BCUT2D eigenvalue weighted by atomic mass is 10.3. The molecule has 101 valence electrons. The number of allylic oxidation sites excluding steroid dienone is 4. The summed E-state index contributed by atoms with van der Waals surface area (Å²) < 4.78 is 13.5. The highest BCUT2D eigenvalue weighted by atomic mass is 31.2. The molecule has 0 atom stereocenters. The summed E-state index contributed by atoms with van der Waals surface area (Å²) in [5.41, 5.74) is 3.93. The summed E-state index contributed by atoms with van der Waals surface area (Å²) in [6.07, 6.45) is 7.71. The van der Waals surface area contributed by atoms with Gasteiger partial charge in [-0.25, -0.2) is 0 Å². The molecule has 21 heavy (non-hydrogen) atoms. The van der Waals surface area contributed by atoms with Crippen LogP contribution in [-0.4, -0.2) is 0 Å². The van der Waals surface area contributed by atoms with Crippen molar-refractivity contribution >= 4 is 17.8 Å². The minimum absolute atomic E-state index is 0.773. The van der Waals surface area contributed by atoms with Crippen molar-refractivity contribution in [3.63, 3.8) is 0 Å². The molecule has 0 aliphatic heterocycles. The van der Waals surface area contributed by atoms with E-state index in [9.17, 15) is 4.57 Å². The van der Waals surface area contributed by atoms with Gasteiger partial charge in [0.25, 0.3) is 0 Å². The predicted octanol–water partition coefficient (Wildman–Crippen LogP) is 3.66. The molecule has 0 amide bonds. The summed E-state index contributed by atoms with van der Waals surface area (Å²) in [6, 6.07) is 19.0. The van der Waals surface area contributed by atoms with Crippen molar-refractivity contribution in [2.24, 2.45) is 0 Å². The first kappa shape index (κ1) is 13.7. The van der Waals surface area contributed by atoms with Gasteiger partial charge in [0, 0.05) is 22.6 Å². The van der Waals surface area contributed by atoms with Gasteiger partial charge in [-0.1, -0.05) is 84.8 Å². The Balaban J connectivity index is 2.12. The first-order chi connectivity index (χ1) is 10.3. The van der Waals surface area contributed by atoms with E-state index in [2.05, 4.69) is 11.6 Å². The van der Waals surface area contributed by atoms with Crippen LogP contribution < -0.4 is 10.6 Å². The Hall–Kier alpha value is -2.29. The van der Waals surface area contributed by atoms with Crippen LogP contribution in [0.3, 0.4) is 0 Å². The molecule has 1 aliphatic rings. The third-order valence-electron chi connectivity index (χ3n) is 3.26. The van der Waals surface area contributed by atoms with Crippen LogP contribution in [0.2, 0.25) is 0 Å². The highest BCUT2D eigenvalue weighted by Crippen LogP contribution is 2.42. The zero-order valence-corrected chi connectivity index (χ0v) is 12.3. The summed E-state index contributed by atoms with van der Waals surface area (Å²) in [4.78, 5) is 0. The Labute approximate surface area is 125 Å². The van der Waals surface area contributed by atoms with Crippen LogP contribution >= 0.6 is 7.14 Å². The smallest absolute Gasteiger partial charge is 0.211 e. The fourth-order valence-corrected chi connectivity index (χ4v) is 4.18. The average molecular weight is 289 g/mol. The normalized spacial score (nSPS) is 13.4. The molecule has 0 fully saturated rings. The highest BCUT2D eigenvalue weighted by Gasteiger charge is 2.24. The molecule has 0 heterocycles. The van der Waals surface area contributed by atoms with Crippen molar-refractivity contribution in [3.05, 3.63) is 90.9 Å². The summed E-state index contributed by atoms with van der Waals surface area (Å²) in [6.45, 7) is 0. The SMILES string of the molecule is O=P(C#CC1=C[CH]C=C1)(c1ccccc1)c1ccccc1. The Morgan fingerprint density at radius 3 is 1.86 bits per heavy atom. The number of hydrogen-bond acceptors (Lipinski definition) is 1. The van der Waals surface area contributed by atoms with Crippen molar-refractivity contribution in [1.82, 2.24) is 0 Å². The number of hydrogen-bond donors (Lipinski definition) is 0. The van der Waals surface area contributed by atoms with Gasteiger partial charge >= 0.3 is 0 Å². The second-order valence-corrected chi connectivity index (χ2v) is 7.17. The second-order valence-electron chi connectivity index (χ2n) is 4.69. The van der Waals surface area contributed by atoms with Crippen LogP contribution in [0.25, 0.3) is 0 Å². The third-order valence-corrected chi connectivity index (χ3v) is 5.74. The molecule has 2 aromatic rings. The lowest BCUT2D eigenvalue weighted by Crippen LogP contribution is -2.14. The Kier molecular flexibility index (Phi) is 3.91. The first-order valence-electron chi connectivity index (χ1n) is 6.75. The number of rotatable bonds is 2. The van der Waals surface area contributed by atoms with E-state index in [-0.39, 0.29) is 0 Å². The fourth-order valence-electron chi connectivity index (χ4n) is 2.15. The van der Waals surface area contributed by atoms with E-state index in [1.54, 1.807) is 0 Å². The molecule has 2 aromatic carbocycles. The molecular weight excluding hydrogens is 275 g/mol. The predicted molar refractivity (Wildman–Crippen MR) is 89.1 cm³/mol. The Bertz CT molecular complexity index is 746. The van der Waals surface area contributed by atoms with E-state index >= 15 is 0 Å². The molecule has 0 spiro atoms. The van der Waals surface area contributed by atoms with Crippen LogP contribution in [0.4, 0.5) is 0 Å². The summed E-state index contributed by atoms with van der Waals surface area (Å²) in [5, 5.41) is 1.55. The maximum absolute atomic E-state index is 13.5. The summed E-state index contributed by atoms with van der Waals surface area (Å²) >= 11 is 0. The van der Waals surface area contributed by atoms with Crippen LogP contribution in [-0.2, 0) is 4.57 Å². The van der Waals surface area contributed by atoms with Crippen LogP contribution in [0.1, 0.15) is 0 Å². The van der Waals surface area contributed by atoms with Crippen LogP contribution in [0.5, 0.6) is 0 Å². The van der Waals surface area contributed by atoms with Crippen molar-refractivity contribution in [2.45, 2.75) is 0 Å². The van der Waals surface area contributed by atoms with E-state index in [0.29, 0.717) is 0 Å². The van der Waals surface area contributed by atoms with E-state index in [1.165, 1.54) is 0 Å². The highest BCUT2D eigenvalue weighted by molar-refractivity contribution is 7.83. The molecule has 2 heteroatoms. The zero-order chi connectivity index (χ0) is 14.5. The molecule has 0 aromatic heterocycles. The molecule has 0 saturated heterocycles. The van der Waals surface area contributed by atoms with Gasteiger partial charge in [0.1, 0.15) is 0 Å². The largest absolute Gasteiger partial charge is 0.300 e. The standard InChI is InChI=1S/C19H14OP/c20-21(18-11-3-1-4-12-18,19-13-5-2-6-14-19)16-15-17-9-7-8-10-17/h1-14H. The van der Waals surface area contributed by atoms with Gasteiger partial charge in [-0.05, 0) is 5.66 Å². The lowest BCUT2D eigenvalue weighted by molar-refractivity contribution is 0.593. The fraction of sp³-hybridized carbons (Fsp3) is 0. The Morgan fingerprint density at radius 2 is 1.38 bits per heavy atom. The average Bonchev–Trinajstić information content (AvgIpc) is 3.08. The van der Waals surface area contributed by atoms with E-state index in [4.69, 9.17) is 0 Å². The van der Waals surface area contributed by atoms with Gasteiger partial charge in [-0.15, -0.1) is 0 Å². The molecule has 0 bridgehead atoms. The van der Waals surface area contributed by atoms with Crippen molar-refractivity contribution < 1.29 is 4.57 Å². The molecule has 0 N–H and O–H groups in total. The molecule has 0 unspecified atom stereocenters. The van der Waals surface area contributed by atoms with Crippen molar-refractivity contribution in [2.75, 3.05) is 0 Å². The zero-order valence-electron chi connectivity index (χ0n) is 11.4. The minimum Gasteiger partial charge on any atom is -0.300 e. The van der Waals surface area contributed by atoms with Crippen LogP contribution in [0, 0.1) is 18.0 Å². The third kappa shape index (κ3) is 2.92. The quantitative estimate of drug-likeness (QED) is 0.609. The van der Waals surface area contributed by atoms with Gasteiger partial charge in [0.2, 0.25) is 7.14 Å². The molecule has 1 aliphatic carbocycles. The Morgan fingerprint density at radius 1 is 0.810 bits per heavy atom. The van der Waals surface area contributed by atoms with Gasteiger partial charge < -0.3 is 0 Å². The lowest BCUT2D eigenvalue weighted by Gasteiger charge is -2.12.